The number of H-pyrrole nitrogens is 1. The second-order valence-electron chi connectivity index (χ2n) is 6.18. The van der Waals surface area contributed by atoms with Gasteiger partial charge in [-0.05, 0) is 25.8 Å². The maximum Gasteiger partial charge on any atom is 0.281 e. The lowest BCUT2D eigenvalue weighted by Crippen LogP contribution is -2.45. The van der Waals surface area contributed by atoms with Crippen LogP contribution in [0.2, 0.25) is 0 Å². The number of nitrogens with zero attached hydrogens (tertiary/aromatic N) is 5. The summed E-state index contributed by atoms with van der Waals surface area (Å²) in [5.74, 6) is 1.36. The van der Waals surface area contributed by atoms with Gasteiger partial charge in [-0.2, -0.15) is 17.0 Å². The number of rotatable bonds is 4. The van der Waals surface area contributed by atoms with Crippen LogP contribution in [-0.2, 0) is 10.2 Å². The smallest absolute Gasteiger partial charge is 0.281 e. The lowest BCUT2D eigenvalue weighted by Gasteiger charge is -2.32. The zero-order valence-electron chi connectivity index (χ0n) is 14.1. The van der Waals surface area contributed by atoms with Crippen molar-refractivity contribution in [2.75, 3.05) is 27.2 Å². The summed E-state index contributed by atoms with van der Waals surface area (Å²) in [5, 5.41) is 0. The zero-order chi connectivity index (χ0) is 17.3. The fourth-order valence-corrected chi connectivity index (χ4v) is 4.08. The van der Waals surface area contributed by atoms with Crippen LogP contribution < -0.4 is 0 Å². The lowest BCUT2D eigenvalue weighted by molar-refractivity contribution is 0.293. The average Bonchev–Trinajstić information content (AvgIpc) is 3.09. The Morgan fingerprint density at radius 2 is 2.12 bits per heavy atom. The molecule has 1 unspecified atom stereocenters. The molecule has 0 amide bonds. The zero-order valence-corrected chi connectivity index (χ0v) is 14.9. The van der Waals surface area contributed by atoms with Crippen molar-refractivity contribution in [2.24, 2.45) is 0 Å². The van der Waals surface area contributed by atoms with E-state index in [2.05, 4.69) is 19.9 Å². The van der Waals surface area contributed by atoms with Crippen molar-refractivity contribution >= 4 is 10.2 Å². The topological polar surface area (TPSA) is 95.1 Å². The first kappa shape index (κ1) is 17.0. The van der Waals surface area contributed by atoms with Gasteiger partial charge in [0.25, 0.3) is 10.2 Å². The van der Waals surface area contributed by atoms with Gasteiger partial charge in [-0.3, -0.25) is 0 Å². The molecule has 1 atom stereocenters. The Morgan fingerprint density at radius 1 is 1.33 bits per heavy atom. The van der Waals surface area contributed by atoms with Crippen molar-refractivity contribution in [1.82, 2.24) is 28.5 Å². The van der Waals surface area contributed by atoms with Crippen LogP contribution >= 0.6 is 0 Å². The molecule has 0 spiro atoms. The first-order valence-electron chi connectivity index (χ1n) is 7.91. The number of hydrogen-bond donors (Lipinski definition) is 1. The minimum absolute atomic E-state index is 0.0120. The van der Waals surface area contributed by atoms with E-state index in [9.17, 15) is 8.42 Å². The molecule has 1 fully saturated rings. The fourth-order valence-electron chi connectivity index (χ4n) is 2.89. The van der Waals surface area contributed by atoms with E-state index in [1.807, 2.05) is 13.0 Å². The molecule has 9 heteroatoms. The molecule has 1 aliphatic heterocycles. The Hall–Kier alpha value is -1.84. The van der Waals surface area contributed by atoms with Crippen molar-refractivity contribution in [3.8, 4) is 11.5 Å². The number of aromatic nitrogens is 4. The maximum absolute atomic E-state index is 12.4. The summed E-state index contributed by atoms with van der Waals surface area (Å²) in [6.45, 7) is 2.85. The fraction of sp³-hybridized carbons (Fsp3) is 0.533. The summed E-state index contributed by atoms with van der Waals surface area (Å²) in [6.07, 6.45) is 5.10. The van der Waals surface area contributed by atoms with Gasteiger partial charge in [0.2, 0.25) is 0 Å². The standard InChI is InChI=1S/C15H22N6O2S/c1-11-9-13(15-16-6-7-17-15)19-14(18-11)12-5-4-8-21(10-12)24(22,23)20(2)3/h6-7,9,12H,4-5,8,10H2,1-3H3,(H,16,17). The van der Waals surface area contributed by atoms with Crippen LogP contribution in [0.1, 0.15) is 30.3 Å². The van der Waals surface area contributed by atoms with E-state index < -0.39 is 10.2 Å². The number of aryl methyl sites for hydroxylation is 1. The first-order chi connectivity index (χ1) is 11.4. The highest BCUT2D eigenvalue weighted by molar-refractivity contribution is 7.86. The van der Waals surface area contributed by atoms with Gasteiger partial charge >= 0.3 is 0 Å². The molecule has 8 nitrogen and oxygen atoms in total. The van der Waals surface area contributed by atoms with E-state index in [4.69, 9.17) is 0 Å². The molecule has 3 rings (SSSR count). The van der Waals surface area contributed by atoms with Crippen LogP contribution in [0.4, 0.5) is 0 Å². The van der Waals surface area contributed by atoms with Crippen molar-refractivity contribution < 1.29 is 8.42 Å². The Labute approximate surface area is 142 Å². The van der Waals surface area contributed by atoms with Gasteiger partial charge in [0, 0.05) is 51.2 Å². The molecular formula is C15H22N6O2S. The molecule has 3 heterocycles. The molecule has 0 radical (unpaired) electrons. The minimum Gasteiger partial charge on any atom is -0.343 e. The predicted molar refractivity (Wildman–Crippen MR) is 90.5 cm³/mol. The van der Waals surface area contributed by atoms with Gasteiger partial charge in [0.1, 0.15) is 11.5 Å². The van der Waals surface area contributed by atoms with Gasteiger partial charge in [-0.25, -0.2) is 15.0 Å². The van der Waals surface area contributed by atoms with Crippen LogP contribution in [0.25, 0.3) is 11.5 Å². The molecule has 1 saturated heterocycles. The molecule has 1 aliphatic rings. The van der Waals surface area contributed by atoms with Crippen molar-refractivity contribution in [3.63, 3.8) is 0 Å². The Morgan fingerprint density at radius 3 is 2.79 bits per heavy atom. The number of piperidine rings is 1. The minimum atomic E-state index is -3.41. The summed E-state index contributed by atoms with van der Waals surface area (Å²) < 4.78 is 27.5. The summed E-state index contributed by atoms with van der Waals surface area (Å²) in [4.78, 5) is 16.4. The number of imidazole rings is 1. The largest absolute Gasteiger partial charge is 0.343 e. The second kappa shape index (κ2) is 6.58. The first-order valence-corrected chi connectivity index (χ1v) is 9.30. The molecule has 24 heavy (non-hydrogen) atoms. The van der Waals surface area contributed by atoms with Crippen LogP contribution in [-0.4, -0.2) is 64.1 Å². The molecular weight excluding hydrogens is 328 g/mol. The average molecular weight is 350 g/mol. The quantitative estimate of drug-likeness (QED) is 0.893. The van der Waals surface area contributed by atoms with Crippen molar-refractivity contribution in [1.29, 1.82) is 0 Å². The van der Waals surface area contributed by atoms with Crippen molar-refractivity contribution in [3.05, 3.63) is 30.0 Å². The van der Waals surface area contributed by atoms with Crippen LogP contribution in [0.5, 0.6) is 0 Å². The van der Waals surface area contributed by atoms with E-state index in [1.165, 1.54) is 8.61 Å². The van der Waals surface area contributed by atoms with E-state index >= 15 is 0 Å². The monoisotopic (exact) mass is 350 g/mol. The third kappa shape index (κ3) is 3.33. The van der Waals surface area contributed by atoms with Gasteiger partial charge < -0.3 is 4.98 Å². The molecule has 0 bridgehead atoms. The Kier molecular flexibility index (Phi) is 4.66. The molecule has 0 aliphatic carbocycles. The molecule has 2 aromatic rings. The molecule has 130 valence electrons. The van der Waals surface area contributed by atoms with Gasteiger partial charge in [0.15, 0.2) is 5.82 Å². The van der Waals surface area contributed by atoms with Crippen LogP contribution in [0.15, 0.2) is 18.5 Å². The summed E-state index contributed by atoms with van der Waals surface area (Å²) in [6, 6.07) is 1.87. The highest BCUT2D eigenvalue weighted by Gasteiger charge is 2.32. The van der Waals surface area contributed by atoms with Crippen molar-refractivity contribution in [2.45, 2.75) is 25.7 Å². The summed E-state index contributed by atoms with van der Waals surface area (Å²) in [5.41, 5.74) is 1.58. The third-order valence-electron chi connectivity index (χ3n) is 4.15. The molecule has 0 saturated carbocycles. The van der Waals surface area contributed by atoms with Gasteiger partial charge in [0.05, 0.1) is 0 Å². The van der Waals surface area contributed by atoms with E-state index in [0.717, 1.165) is 24.2 Å². The van der Waals surface area contributed by atoms with Gasteiger partial charge in [-0.1, -0.05) is 0 Å². The Bertz CT molecular complexity index is 803. The number of aromatic amines is 1. The lowest BCUT2D eigenvalue weighted by atomic mass is 9.98. The number of hydrogen-bond acceptors (Lipinski definition) is 5. The maximum atomic E-state index is 12.4. The highest BCUT2D eigenvalue weighted by Crippen LogP contribution is 2.28. The normalized spacial score (nSPS) is 19.8. The molecule has 2 aromatic heterocycles. The van der Waals surface area contributed by atoms with E-state index in [-0.39, 0.29) is 5.92 Å². The van der Waals surface area contributed by atoms with E-state index in [1.54, 1.807) is 26.5 Å². The van der Waals surface area contributed by atoms with Gasteiger partial charge in [-0.15, -0.1) is 0 Å². The summed E-state index contributed by atoms with van der Waals surface area (Å²) >= 11 is 0. The predicted octanol–water partition coefficient (Wildman–Crippen LogP) is 1.16. The van der Waals surface area contributed by atoms with Crippen LogP contribution in [0, 0.1) is 6.92 Å². The molecule has 0 aromatic carbocycles. The number of nitrogens with one attached hydrogen (secondary N) is 1. The van der Waals surface area contributed by atoms with Crippen LogP contribution in [0.3, 0.4) is 0 Å². The Balaban J connectivity index is 1.89. The molecule has 1 N–H and O–H groups in total. The summed E-state index contributed by atoms with van der Waals surface area (Å²) in [7, 11) is -0.306. The third-order valence-corrected chi connectivity index (χ3v) is 6.06. The SMILES string of the molecule is Cc1cc(-c2ncc[nH]2)nc(C2CCCN(S(=O)(=O)N(C)C)C2)n1. The second-order valence-corrected chi connectivity index (χ2v) is 8.32. The highest BCUT2D eigenvalue weighted by atomic mass is 32.2. The van der Waals surface area contributed by atoms with E-state index in [0.29, 0.717) is 24.7 Å².